The molecule has 0 unspecified atom stereocenters. The van der Waals surface area contributed by atoms with Gasteiger partial charge in [-0.2, -0.15) is 4.98 Å². The highest BCUT2D eigenvalue weighted by molar-refractivity contribution is 5.79. The summed E-state index contributed by atoms with van der Waals surface area (Å²) in [5, 5.41) is 10.2. The molecule has 1 aromatic heterocycles. The summed E-state index contributed by atoms with van der Waals surface area (Å²) >= 11 is 0. The fourth-order valence-electron chi connectivity index (χ4n) is 2.37. The van der Waals surface area contributed by atoms with Gasteiger partial charge in [-0.1, -0.05) is 11.2 Å². The molecule has 2 N–H and O–H groups in total. The number of nitrogens with one attached hydrogen (secondary N) is 2. The number of aryl methyl sites for hydroxylation is 1. The first-order valence-corrected chi connectivity index (χ1v) is 8.78. The van der Waals surface area contributed by atoms with Crippen molar-refractivity contribution in [1.82, 2.24) is 20.8 Å². The van der Waals surface area contributed by atoms with E-state index in [0.29, 0.717) is 37.4 Å². The van der Waals surface area contributed by atoms with Crippen molar-refractivity contribution in [2.24, 2.45) is 4.99 Å². The molecule has 0 aliphatic rings. The Morgan fingerprint density at radius 3 is 2.58 bits per heavy atom. The lowest BCUT2D eigenvalue weighted by Crippen LogP contribution is -2.37. The smallest absolute Gasteiger partial charge is 0.246 e. The zero-order valence-electron chi connectivity index (χ0n) is 15.8. The van der Waals surface area contributed by atoms with E-state index in [1.165, 1.54) is 0 Å². The van der Waals surface area contributed by atoms with Gasteiger partial charge in [-0.3, -0.25) is 4.99 Å². The molecule has 8 nitrogen and oxygen atoms in total. The normalized spacial score (nSPS) is 11.3. The van der Waals surface area contributed by atoms with Crippen LogP contribution in [0.1, 0.15) is 31.1 Å². The summed E-state index contributed by atoms with van der Waals surface area (Å²) in [5.74, 6) is 3.37. The number of nitrogens with zero attached hydrogens (tertiary/aromatic N) is 3. The van der Waals surface area contributed by atoms with Crippen molar-refractivity contribution in [3.8, 4) is 11.5 Å². The maximum atomic E-state index is 5.66. The first-order chi connectivity index (χ1) is 12.7. The summed E-state index contributed by atoms with van der Waals surface area (Å²) in [7, 11) is 1.72. The summed E-state index contributed by atoms with van der Waals surface area (Å²) in [6.45, 7) is 8.08. The van der Waals surface area contributed by atoms with Crippen molar-refractivity contribution in [2.45, 2.75) is 33.7 Å². The van der Waals surface area contributed by atoms with E-state index >= 15 is 0 Å². The third-order valence-corrected chi connectivity index (χ3v) is 3.51. The average Bonchev–Trinajstić information content (AvgIpc) is 3.05. The molecule has 0 bridgehead atoms. The van der Waals surface area contributed by atoms with Gasteiger partial charge in [-0.15, -0.1) is 0 Å². The summed E-state index contributed by atoms with van der Waals surface area (Å²) < 4.78 is 16.3. The molecule has 0 saturated carbocycles. The molecular formula is C18H27N5O3. The second kappa shape index (κ2) is 10.3. The third-order valence-electron chi connectivity index (χ3n) is 3.51. The van der Waals surface area contributed by atoms with Gasteiger partial charge >= 0.3 is 0 Å². The molecule has 1 aromatic carbocycles. The Morgan fingerprint density at radius 1 is 1.15 bits per heavy atom. The summed E-state index contributed by atoms with van der Waals surface area (Å²) in [4.78, 5) is 8.33. The highest BCUT2D eigenvalue weighted by Crippen LogP contribution is 2.28. The fraction of sp³-hybridized carbons (Fsp3) is 0.500. The number of hydrogen-bond acceptors (Lipinski definition) is 6. The van der Waals surface area contributed by atoms with Crippen LogP contribution in [-0.4, -0.2) is 42.9 Å². The number of guanidine groups is 1. The van der Waals surface area contributed by atoms with Gasteiger partial charge in [0, 0.05) is 13.6 Å². The summed E-state index contributed by atoms with van der Waals surface area (Å²) in [5.41, 5.74) is 1.16. The summed E-state index contributed by atoms with van der Waals surface area (Å²) in [6, 6.07) is 6.02. The van der Waals surface area contributed by atoms with Crippen LogP contribution in [0.15, 0.2) is 27.7 Å². The molecule has 0 atom stereocenters. The number of aromatic nitrogens is 2. The molecule has 2 aromatic rings. The van der Waals surface area contributed by atoms with Crippen LogP contribution in [0.3, 0.4) is 0 Å². The van der Waals surface area contributed by atoms with E-state index < -0.39 is 0 Å². The van der Waals surface area contributed by atoms with Crippen LogP contribution < -0.4 is 20.1 Å². The minimum Gasteiger partial charge on any atom is -0.490 e. The van der Waals surface area contributed by atoms with E-state index in [1.807, 2.05) is 32.0 Å². The van der Waals surface area contributed by atoms with Gasteiger partial charge in [-0.25, -0.2) is 0 Å². The first kappa shape index (κ1) is 19.6. The lowest BCUT2D eigenvalue weighted by molar-refractivity contribution is 0.287. The second-order valence-corrected chi connectivity index (χ2v) is 5.48. The minimum absolute atomic E-state index is 0.429. The Labute approximate surface area is 154 Å². The standard InChI is InChI=1S/C18H27N5O3/c1-5-24-15-8-7-14(11-16(15)25-6-2)9-10-20-18(19-4)21-12-17-22-13(3)23-26-17/h7-8,11H,5-6,9-10,12H2,1-4H3,(H2,19,20,21). The Morgan fingerprint density at radius 2 is 1.92 bits per heavy atom. The van der Waals surface area contributed by atoms with Gasteiger partial charge in [0.2, 0.25) is 5.89 Å². The van der Waals surface area contributed by atoms with Crippen LogP contribution in [0.4, 0.5) is 0 Å². The minimum atomic E-state index is 0.429. The predicted octanol–water partition coefficient (Wildman–Crippen LogP) is 2.08. The Hall–Kier alpha value is -2.77. The van der Waals surface area contributed by atoms with Gasteiger partial charge in [0.25, 0.3) is 0 Å². The maximum Gasteiger partial charge on any atom is 0.246 e. The van der Waals surface area contributed by atoms with Crippen LogP contribution in [0.25, 0.3) is 0 Å². The highest BCUT2D eigenvalue weighted by Gasteiger charge is 2.07. The molecule has 0 aliphatic carbocycles. The van der Waals surface area contributed by atoms with E-state index in [0.717, 1.165) is 30.0 Å². The van der Waals surface area contributed by atoms with Crippen molar-refractivity contribution >= 4 is 5.96 Å². The van der Waals surface area contributed by atoms with E-state index in [4.69, 9.17) is 14.0 Å². The highest BCUT2D eigenvalue weighted by atomic mass is 16.5. The molecule has 26 heavy (non-hydrogen) atoms. The number of rotatable bonds is 9. The topological polar surface area (TPSA) is 93.8 Å². The maximum absolute atomic E-state index is 5.66. The molecule has 0 fully saturated rings. The molecular weight excluding hydrogens is 334 g/mol. The molecule has 0 spiro atoms. The molecule has 0 saturated heterocycles. The van der Waals surface area contributed by atoms with E-state index in [2.05, 4.69) is 25.8 Å². The number of benzene rings is 1. The zero-order chi connectivity index (χ0) is 18.8. The van der Waals surface area contributed by atoms with Crippen LogP contribution in [0.5, 0.6) is 11.5 Å². The molecule has 0 amide bonds. The van der Waals surface area contributed by atoms with Gasteiger partial charge < -0.3 is 24.6 Å². The van der Waals surface area contributed by atoms with Crippen molar-refractivity contribution in [1.29, 1.82) is 0 Å². The lowest BCUT2D eigenvalue weighted by atomic mass is 10.1. The van der Waals surface area contributed by atoms with Crippen molar-refractivity contribution in [3.05, 3.63) is 35.5 Å². The molecule has 0 aliphatic heterocycles. The number of ether oxygens (including phenoxy) is 2. The Bertz CT molecular complexity index is 715. The fourth-order valence-corrected chi connectivity index (χ4v) is 2.37. The average molecular weight is 361 g/mol. The van der Waals surface area contributed by atoms with Crippen molar-refractivity contribution in [3.63, 3.8) is 0 Å². The van der Waals surface area contributed by atoms with E-state index in [9.17, 15) is 0 Å². The molecule has 8 heteroatoms. The largest absolute Gasteiger partial charge is 0.490 e. The van der Waals surface area contributed by atoms with E-state index in [-0.39, 0.29) is 0 Å². The second-order valence-electron chi connectivity index (χ2n) is 5.48. The number of aliphatic imine (C=N–C) groups is 1. The van der Waals surface area contributed by atoms with E-state index in [1.54, 1.807) is 14.0 Å². The quantitative estimate of drug-likeness (QED) is 0.522. The zero-order valence-corrected chi connectivity index (χ0v) is 15.8. The third kappa shape index (κ3) is 5.94. The molecule has 2 rings (SSSR count). The van der Waals surface area contributed by atoms with Gasteiger partial charge in [0.05, 0.1) is 19.8 Å². The van der Waals surface area contributed by atoms with Crippen LogP contribution in [0.2, 0.25) is 0 Å². The monoisotopic (exact) mass is 361 g/mol. The summed E-state index contributed by atoms with van der Waals surface area (Å²) in [6.07, 6.45) is 0.826. The van der Waals surface area contributed by atoms with Gasteiger partial charge in [0.1, 0.15) is 0 Å². The van der Waals surface area contributed by atoms with Gasteiger partial charge in [-0.05, 0) is 44.9 Å². The first-order valence-electron chi connectivity index (χ1n) is 8.78. The van der Waals surface area contributed by atoms with Crippen LogP contribution in [0, 0.1) is 6.92 Å². The van der Waals surface area contributed by atoms with Gasteiger partial charge in [0.15, 0.2) is 23.3 Å². The molecule has 0 radical (unpaired) electrons. The van der Waals surface area contributed by atoms with Crippen LogP contribution >= 0.6 is 0 Å². The lowest BCUT2D eigenvalue weighted by Gasteiger charge is -2.13. The van der Waals surface area contributed by atoms with Crippen LogP contribution in [-0.2, 0) is 13.0 Å². The number of hydrogen-bond donors (Lipinski definition) is 2. The Balaban J connectivity index is 1.84. The van der Waals surface area contributed by atoms with Crippen molar-refractivity contribution in [2.75, 3.05) is 26.8 Å². The molecule has 142 valence electrons. The molecule has 1 heterocycles. The SMILES string of the molecule is CCOc1ccc(CCNC(=NC)NCc2nc(C)no2)cc1OCC. The Kier molecular flexibility index (Phi) is 7.73. The predicted molar refractivity (Wildman–Crippen MR) is 99.7 cm³/mol. The van der Waals surface area contributed by atoms with Crippen molar-refractivity contribution < 1.29 is 14.0 Å².